The zero-order valence-corrected chi connectivity index (χ0v) is 18.1. The first-order valence-electron chi connectivity index (χ1n) is 10.4. The quantitative estimate of drug-likeness (QED) is 0.489. The van der Waals surface area contributed by atoms with E-state index in [0.717, 1.165) is 65.4 Å². The fourth-order valence-corrected chi connectivity index (χ4v) is 4.22. The van der Waals surface area contributed by atoms with E-state index in [4.69, 9.17) is 21.3 Å². The largest absolute Gasteiger partial charge is 0.378 e. The molecule has 3 heterocycles. The summed E-state index contributed by atoms with van der Waals surface area (Å²) in [6.07, 6.45) is 3.80. The Hall–Kier alpha value is -3.09. The molecule has 0 spiro atoms. The number of anilines is 2. The highest BCUT2D eigenvalue weighted by molar-refractivity contribution is 6.33. The third-order valence-corrected chi connectivity index (χ3v) is 5.94. The average Bonchev–Trinajstić information content (AvgIpc) is 3.14. The number of nitrogens with zero attached hydrogens (tertiary/aromatic N) is 4. The Kier molecular flexibility index (Phi) is 5.49. The molecule has 4 aromatic rings. The molecular formula is C24H24ClN5O. The van der Waals surface area contributed by atoms with E-state index in [2.05, 4.69) is 43.9 Å². The van der Waals surface area contributed by atoms with Gasteiger partial charge in [-0.2, -0.15) is 0 Å². The summed E-state index contributed by atoms with van der Waals surface area (Å²) in [5.74, 6) is 1.90. The van der Waals surface area contributed by atoms with Crippen molar-refractivity contribution in [3.8, 4) is 11.1 Å². The molecule has 158 valence electrons. The lowest BCUT2D eigenvalue weighted by atomic mass is 10.0. The molecule has 0 radical (unpaired) electrons. The van der Waals surface area contributed by atoms with E-state index in [0.29, 0.717) is 6.54 Å². The summed E-state index contributed by atoms with van der Waals surface area (Å²) in [7, 11) is 0. The average molecular weight is 434 g/mol. The number of benzene rings is 2. The number of hydrogen-bond acceptors (Lipinski definition) is 5. The van der Waals surface area contributed by atoms with Crippen LogP contribution in [-0.2, 0) is 11.3 Å². The van der Waals surface area contributed by atoms with Gasteiger partial charge >= 0.3 is 0 Å². The molecule has 1 saturated heterocycles. The van der Waals surface area contributed by atoms with Crippen molar-refractivity contribution in [1.29, 1.82) is 0 Å². The molecule has 0 amide bonds. The zero-order valence-electron chi connectivity index (χ0n) is 17.4. The van der Waals surface area contributed by atoms with Crippen molar-refractivity contribution in [3.63, 3.8) is 0 Å². The number of aryl methyl sites for hydroxylation is 1. The van der Waals surface area contributed by atoms with Gasteiger partial charge in [0.2, 0.25) is 0 Å². The Morgan fingerprint density at radius 3 is 2.61 bits per heavy atom. The normalized spacial score (nSPS) is 14.2. The number of halogens is 1. The summed E-state index contributed by atoms with van der Waals surface area (Å²) in [4.78, 5) is 11.6. The van der Waals surface area contributed by atoms with E-state index in [1.165, 1.54) is 5.56 Å². The van der Waals surface area contributed by atoms with Crippen LogP contribution in [0.5, 0.6) is 0 Å². The van der Waals surface area contributed by atoms with E-state index in [1.807, 2.05) is 43.6 Å². The summed E-state index contributed by atoms with van der Waals surface area (Å²) in [6.45, 7) is 5.83. The number of aromatic nitrogens is 3. The minimum Gasteiger partial charge on any atom is -0.378 e. The van der Waals surface area contributed by atoms with Gasteiger partial charge in [-0.05, 0) is 24.1 Å². The molecule has 1 aliphatic heterocycles. The second-order valence-corrected chi connectivity index (χ2v) is 8.03. The summed E-state index contributed by atoms with van der Waals surface area (Å²) in [6, 6.07) is 16.4. The maximum Gasteiger partial charge on any atom is 0.182 e. The van der Waals surface area contributed by atoms with Crippen LogP contribution in [0.1, 0.15) is 11.3 Å². The molecule has 1 N–H and O–H groups in total. The first-order chi connectivity index (χ1) is 15.2. The van der Waals surface area contributed by atoms with Crippen molar-refractivity contribution in [2.24, 2.45) is 0 Å². The molecule has 0 bridgehead atoms. The first-order valence-corrected chi connectivity index (χ1v) is 10.8. The lowest BCUT2D eigenvalue weighted by molar-refractivity contribution is 0.122. The van der Waals surface area contributed by atoms with Crippen LogP contribution in [0.4, 0.5) is 11.6 Å². The molecule has 1 fully saturated rings. The summed E-state index contributed by atoms with van der Waals surface area (Å²) < 4.78 is 7.57. The standard InChI is InChI=1S/C24H24ClN5O/c1-17-22(30-11-10-26-23(24(30)28-17)29-12-14-31-15-13-29)27-16-18-6-8-19(9-7-18)20-4-2-3-5-21(20)25/h2-11,27H,12-16H2,1H3. The maximum absolute atomic E-state index is 6.33. The van der Waals surface area contributed by atoms with Gasteiger partial charge in [-0.3, -0.25) is 4.40 Å². The molecule has 31 heavy (non-hydrogen) atoms. The Bertz CT molecular complexity index is 1200. The van der Waals surface area contributed by atoms with Crippen molar-refractivity contribution >= 4 is 28.9 Å². The first kappa shape index (κ1) is 19.8. The van der Waals surface area contributed by atoms with Gasteiger partial charge in [0.15, 0.2) is 11.5 Å². The number of imidazole rings is 1. The van der Waals surface area contributed by atoms with Gasteiger partial charge in [0, 0.05) is 42.6 Å². The second-order valence-electron chi connectivity index (χ2n) is 7.62. The summed E-state index contributed by atoms with van der Waals surface area (Å²) in [5, 5.41) is 4.32. The molecule has 6 nitrogen and oxygen atoms in total. The van der Waals surface area contributed by atoms with Gasteiger partial charge in [0.05, 0.1) is 18.9 Å². The Morgan fingerprint density at radius 1 is 1.06 bits per heavy atom. The van der Waals surface area contributed by atoms with Gasteiger partial charge in [-0.15, -0.1) is 0 Å². The molecular weight excluding hydrogens is 410 g/mol. The Balaban J connectivity index is 1.36. The number of morpholine rings is 1. The second kappa shape index (κ2) is 8.57. The lowest BCUT2D eigenvalue weighted by Crippen LogP contribution is -2.37. The van der Waals surface area contributed by atoms with Crippen molar-refractivity contribution in [2.75, 3.05) is 36.5 Å². The monoisotopic (exact) mass is 433 g/mol. The minimum absolute atomic E-state index is 0.701. The highest BCUT2D eigenvalue weighted by atomic mass is 35.5. The van der Waals surface area contributed by atoms with Gasteiger partial charge in [-0.1, -0.05) is 54.1 Å². The van der Waals surface area contributed by atoms with Crippen molar-refractivity contribution in [2.45, 2.75) is 13.5 Å². The molecule has 1 aliphatic rings. The number of fused-ring (bicyclic) bond motifs is 1. The fraction of sp³-hybridized carbons (Fsp3) is 0.250. The molecule has 2 aromatic heterocycles. The summed E-state index contributed by atoms with van der Waals surface area (Å²) >= 11 is 6.33. The van der Waals surface area contributed by atoms with Crippen LogP contribution < -0.4 is 10.2 Å². The van der Waals surface area contributed by atoms with E-state index >= 15 is 0 Å². The van der Waals surface area contributed by atoms with Crippen molar-refractivity contribution in [3.05, 3.63) is 77.2 Å². The van der Waals surface area contributed by atoms with E-state index in [1.54, 1.807) is 0 Å². The van der Waals surface area contributed by atoms with E-state index < -0.39 is 0 Å². The van der Waals surface area contributed by atoms with E-state index in [9.17, 15) is 0 Å². The summed E-state index contributed by atoms with van der Waals surface area (Å²) in [5.41, 5.74) is 5.17. The predicted octanol–water partition coefficient (Wildman–Crippen LogP) is 4.81. The molecule has 0 aliphatic carbocycles. The Labute approximate surface area is 186 Å². The lowest BCUT2D eigenvalue weighted by Gasteiger charge is -2.27. The van der Waals surface area contributed by atoms with Gasteiger partial charge in [0.25, 0.3) is 0 Å². The van der Waals surface area contributed by atoms with Crippen LogP contribution in [0.15, 0.2) is 60.9 Å². The van der Waals surface area contributed by atoms with Gasteiger partial charge < -0.3 is 15.0 Å². The van der Waals surface area contributed by atoms with Crippen LogP contribution in [0.2, 0.25) is 5.02 Å². The molecule has 2 aromatic carbocycles. The van der Waals surface area contributed by atoms with Gasteiger partial charge in [0.1, 0.15) is 5.82 Å². The fourth-order valence-electron chi connectivity index (χ4n) is 3.97. The van der Waals surface area contributed by atoms with Crippen molar-refractivity contribution in [1.82, 2.24) is 14.4 Å². The smallest absolute Gasteiger partial charge is 0.182 e. The highest BCUT2D eigenvalue weighted by Gasteiger charge is 2.19. The number of rotatable bonds is 5. The third kappa shape index (κ3) is 3.96. The third-order valence-electron chi connectivity index (χ3n) is 5.61. The van der Waals surface area contributed by atoms with Crippen molar-refractivity contribution < 1.29 is 4.74 Å². The number of hydrogen-bond donors (Lipinski definition) is 1. The molecule has 0 unspecified atom stereocenters. The van der Waals surface area contributed by atoms with Gasteiger partial charge in [-0.25, -0.2) is 9.97 Å². The van der Waals surface area contributed by atoms with Crippen LogP contribution in [0, 0.1) is 6.92 Å². The van der Waals surface area contributed by atoms with Crippen LogP contribution in [0.3, 0.4) is 0 Å². The Morgan fingerprint density at radius 2 is 1.84 bits per heavy atom. The molecule has 0 saturated carbocycles. The zero-order chi connectivity index (χ0) is 21.2. The SMILES string of the molecule is Cc1nc2c(N3CCOCC3)nccn2c1NCc1ccc(-c2ccccc2Cl)cc1. The predicted molar refractivity (Wildman–Crippen MR) is 125 cm³/mol. The molecule has 0 atom stereocenters. The molecule has 7 heteroatoms. The van der Waals surface area contributed by atoms with Crippen LogP contribution >= 0.6 is 11.6 Å². The maximum atomic E-state index is 6.33. The molecule has 5 rings (SSSR count). The topological polar surface area (TPSA) is 54.7 Å². The highest BCUT2D eigenvalue weighted by Crippen LogP contribution is 2.28. The number of nitrogens with one attached hydrogen (secondary N) is 1. The minimum atomic E-state index is 0.701. The van der Waals surface area contributed by atoms with E-state index in [-0.39, 0.29) is 0 Å². The number of ether oxygens (including phenoxy) is 1. The van der Waals surface area contributed by atoms with Crippen LogP contribution in [-0.4, -0.2) is 40.7 Å². The van der Waals surface area contributed by atoms with Crippen LogP contribution in [0.25, 0.3) is 16.8 Å².